The minimum Gasteiger partial charge on any atom is -0.455 e. The van der Waals surface area contributed by atoms with Crippen molar-refractivity contribution in [2.75, 3.05) is 0 Å². The van der Waals surface area contributed by atoms with E-state index in [0.717, 1.165) is 55.8 Å². The van der Waals surface area contributed by atoms with Crippen LogP contribution in [0, 0.1) is 0 Å². The van der Waals surface area contributed by atoms with E-state index in [2.05, 4.69) is 164 Å². The SMILES string of the molecule is C=C/C=C\c1ccc(/N=C(/c2ccc(-c3cc4ccccc4c4c3oc3ccc5ccccc5c34)cc2)c2ccc3ccccc3c2)cc1. The summed E-state index contributed by atoms with van der Waals surface area (Å²) >= 11 is 0. The van der Waals surface area contributed by atoms with Crippen LogP contribution in [0.4, 0.5) is 5.69 Å². The fourth-order valence-corrected chi connectivity index (χ4v) is 7.01. The Labute approximate surface area is 284 Å². The minimum atomic E-state index is 0.897. The van der Waals surface area contributed by atoms with Crippen LogP contribution in [0.5, 0.6) is 0 Å². The summed E-state index contributed by atoms with van der Waals surface area (Å²) in [6, 6.07) is 55.8. The molecule has 1 aromatic heterocycles. The lowest BCUT2D eigenvalue weighted by Crippen LogP contribution is -2.03. The number of fused-ring (bicyclic) bond motifs is 8. The number of nitrogens with zero attached hydrogens (tertiary/aromatic N) is 1. The van der Waals surface area contributed by atoms with Gasteiger partial charge in [0.1, 0.15) is 11.2 Å². The van der Waals surface area contributed by atoms with Crippen LogP contribution in [0.3, 0.4) is 0 Å². The van der Waals surface area contributed by atoms with Gasteiger partial charge in [-0.05, 0) is 73.8 Å². The third kappa shape index (κ3) is 5.11. The van der Waals surface area contributed by atoms with Gasteiger partial charge in [0.2, 0.25) is 0 Å². The smallest absolute Gasteiger partial charge is 0.143 e. The summed E-state index contributed by atoms with van der Waals surface area (Å²) in [4.78, 5) is 5.23. The van der Waals surface area contributed by atoms with Gasteiger partial charge in [-0.25, -0.2) is 4.99 Å². The Morgan fingerprint density at radius 3 is 1.98 bits per heavy atom. The van der Waals surface area contributed by atoms with Crippen molar-refractivity contribution in [2.24, 2.45) is 4.99 Å². The van der Waals surface area contributed by atoms with Gasteiger partial charge in [0.15, 0.2) is 0 Å². The van der Waals surface area contributed by atoms with Gasteiger partial charge in [-0.3, -0.25) is 0 Å². The summed E-state index contributed by atoms with van der Waals surface area (Å²) in [5.41, 5.74) is 9.02. The van der Waals surface area contributed by atoms with Crippen LogP contribution in [0.1, 0.15) is 16.7 Å². The molecule has 9 rings (SSSR count). The van der Waals surface area contributed by atoms with E-state index in [1.54, 1.807) is 6.08 Å². The van der Waals surface area contributed by atoms with E-state index in [9.17, 15) is 0 Å². The molecule has 8 aromatic carbocycles. The third-order valence-electron chi connectivity index (χ3n) is 9.41. The summed E-state index contributed by atoms with van der Waals surface area (Å²) in [5.74, 6) is 0. The maximum atomic E-state index is 6.72. The molecule has 1 heterocycles. The maximum absolute atomic E-state index is 6.72. The molecule has 2 heteroatoms. The summed E-state index contributed by atoms with van der Waals surface area (Å²) in [6.45, 7) is 3.78. The zero-order valence-corrected chi connectivity index (χ0v) is 26.8. The average Bonchev–Trinajstić information content (AvgIpc) is 3.57. The molecule has 0 atom stereocenters. The highest BCUT2D eigenvalue weighted by Crippen LogP contribution is 2.43. The van der Waals surface area contributed by atoms with Crippen molar-refractivity contribution >= 4 is 71.7 Å². The molecule has 230 valence electrons. The molecule has 2 nitrogen and oxygen atoms in total. The Morgan fingerprint density at radius 1 is 0.551 bits per heavy atom. The summed E-state index contributed by atoms with van der Waals surface area (Å²) in [7, 11) is 0. The van der Waals surface area contributed by atoms with Crippen molar-refractivity contribution in [3.05, 3.63) is 193 Å². The van der Waals surface area contributed by atoms with Crippen LogP contribution in [-0.4, -0.2) is 5.71 Å². The molecule has 0 bridgehead atoms. The highest BCUT2D eigenvalue weighted by molar-refractivity contribution is 6.28. The first-order valence-electron chi connectivity index (χ1n) is 16.6. The van der Waals surface area contributed by atoms with E-state index >= 15 is 0 Å². The van der Waals surface area contributed by atoms with Crippen molar-refractivity contribution in [1.29, 1.82) is 0 Å². The normalized spacial score (nSPS) is 12.2. The fraction of sp³-hybridized carbons (Fsp3) is 0. The standard InChI is InChI=1S/C47H31NO/c1-2-3-10-31-17-26-39(27-18-31)48-46(38-24-19-32-11-4-5-13-36(32)29-38)35-22-20-34(21-23-35)42-30-37-14-7-9-16-41(37)45-44-40-15-8-6-12-33(40)25-28-43(44)49-47(42)45/h2-30H,1H2/b10-3-,48-46-. The Kier molecular flexibility index (Phi) is 6.99. The summed E-state index contributed by atoms with van der Waals surface area (Å²) < 4.78 is 6.72. The number of rotatable bonds is 6. The second-order valence-electron chi connectivity index (χ2n) is 12.4. The van der Waals surface area contributed by atoms with Crippen LogP contribution in [-0.2, 0) is 0 Å². The van der Waals surface area contributed by atoms with Crippen molar-refractivity contribution in [1.82, 2.24) is 0 Å². The van der Waals surface area contributed by atoms with E-state index in [1.807, 2.05) is 12.2 Å². The molecular weight excluding hydrogens is 595 g/mol. The molecule has 0 radical (unpaired) electrons. The highest BCUT2D eigenvalue weighted by Gasteiger charge is 2.18. The quantitative estimate of drug-likeness (QED) is 0.133. The van der Waals surface area contributed by atoms with Crippen molar-refractivity contribution in [3.8, 4) is 11.1 Å². The largest absolute Gasteiger partial charge is 0.455 e. The van der Waals surface area contributed by atoms with E-state index in [4.69, 9.17) is 9.41 Å². The predicted octanol–water partition coefficient (Wildman–Crippen LogP) is 13.1. The molecule has 0 fully saturated rings. The molecule has 0 saturated carbocycles. The fourth-order valence-electron chi connectivity index (χ4n) is 7.01. The zero-order chi connectivity index (χ0) is 32.7. The lowest BCUT2D eigenvalue weighted by Gasteiger charge is -2.12. The van der Waals surface area contributed by atoms with Gasteiger partial charge in [0.05, 0.1) is 11.4 Å². The Bertz CT molecular complexity index is 2760. The molecule has 0 aliphatic carbocycles. The third-order valence-corrected chi connectivity index (χ3v) is 9.41. The first-order valence-corrected chi connectivity index (χ1v) is 16.6. The Hall–Kier alpha value is -6.51. The molecule has 0 spiro atoms. The van der Waals surface area contributed by atoms with Gasteiger partial charge < -0.3 is 4.42 Å². The van der Waals surface area contributed by atoms with Gasteiger partial charge >= 0.3 is 0 Å². The van der Waals surface area contributed by atoms with Crippen LogP contribution in [0.2, 0.25) is 0 Å². The second kappa shape index (κ2) is 11.9. The molecule has 49 heavy (non-hydrogen) atoms. The predicted molar refractivity (Wildman–Crippen MR) is 209 cm³/mol. The van der Waals surface area contributed by atoms with E-state index in [1.165, 1.54) is 37.7 Å². The molecule has 0 saturated heterocycles. The van der Waals surface area contributed by atoms with Gasteiger partial charge in [-0.1, -0.05) is 152 Å². The lowest BCUT2D eigenvalue weighted by molar-refractivity contribution is 0.670. The number of hydrogen-bond donors (Lipinski definition) is 0. The molecule has 0 unspecified atom stereocenters. The van der Waals surface area contributed by atoms with Gasteiger partial charge in [0.25, 0.3) is 0 Å². The highest BCUT2D eigenvalue weighted by atomic mass is 16.3. The average molecular weight is 626 g/mol. The van der Waals surface area contributed by atoms with Gasteiger partial charge in [-0.2, -0.15) is 0 Å². The number of furan rings is 1. The van der Waals surface area contributed by atoms with Crippen molar-refractivity contribution in [3.63, 3.8) is 0 Å². The van der Waals surface area contributed by atoms with Crippen LogP contribution in [0.15, 0.2) is 186 Å². The zero-order valence-electron chi connectivity index (χ0n) is 26.8. The molecule has 0 aliphatic rings. The molecule has 9 aromatic rings. The number of hydrogen-bond acceptors (Lipinski definition) is 2. The summed E-state index contributed by atoms with van der Waals surface area (Å²) in [6.07, 6.45) is 5.77. The van der Waals surface area contributed by atoms with E-state index < -0.39 is 0 Å². The monoisotopic (exact) mass is 625 g/mol. The number of allylic oxidation sites excluding steroid dienone is 2. The molecular formula is C47H31NO. The number of benzene rings is 8. The molecule has 0 N–H and O–H groups in total. The van der Waals surface area contributed by atoms with Crippen molar-refractivity contribution < 1.29 is 4.42 Å². The minimum absolute atomic E-state index is 0.897. The topological polar surface area (TPSA) is 25.5 Å². The molecule has 0 amide bonds. The van der Waals surface area contributed by atoms with E-state index in [-0.39, 0.29) is 0 Å². The first-order chi connectivity index (χ1) is 24.2. The Morgan fingerprint density at radius 2 is 1.20 bits per heavy atom. The Balaban J connectivity index is 1.21. The summed E-state index contributed by atoms with van der Waals surface area (Å²) in [5, 5.41) is 9.52. The first kappa shape index (κ1) is 28.7. The van der Waals surface area contributed by atoms with Crippen LogP contribution >= 0.6 is 0 Å². The van der Waals surface area contributed by atoms with Gasteiger partial charge in [-0.15, -0.1) is 0 Å². The maximum Gasteiger partial charge on any atom is 0.143 e. The van der Waals surface area contributed by atoms with Crippen molar-refractivity contribution in [2.45, 2.75) is 0 Å². The van der Waals surface area contributed by atoms with Crippen LogP contribution < -0.4 is 0 Å². The second-order valence-corrected chi connectivity index (χ2v) is 12.4. The van der Waals surface area contributed by atoms with Crippen LogP contribution in [0.25, 0.3) is 71.5 Å². The molecule has 0 aliphatic heterocycles. The lowest BCUT2D eigenvalue weighted by atomic mass is 9.93. The van der Waals surface area contributed by atoms with Gasteiger partial charge in [0, 0.05) is 27.5 Å². The van der Waals surface area contributed by atoms with E-state index in [0.29, 0.717) is 0 Å². The number of aliphatic imine (C=N–C) groups is 1.